The number of carbonyl (C=O) groups excluding carboxylic acids is 1. The quantitative estimate of drug-likeness (QED) is 0.481. The lowest BCUT2D eigenvalue weighted by Crippen LogP contribution is -2.25. The first-order valence-corrected chi connectivity index (χ1v) is 6.15. The molecule has 0 aliphatic carbocycles. The Morgan fingerprint density at radius 3 is 2.47 bits per heavy atom. The Hall–Kier alpha value is -1.16. The maximum Gasteiger partial charge on any atom is 0.319 e. The largest absolute Gasteiger partial charge is 0.490 e. The Labute approximate surface area is 108 Å². The third-order valence-electron chi connectivity index (χ3n) is 2.21. The minimum Gasteiger partial charge on any atom is -0.490 e. The first kappa shape index (κ1) is 13.9. The van der Waals surface area contributed by atoms with Crippen LogP contribution in [-0.2, 0) is 9.53 Å². The molecule has 0 aromatic heterocycles. The van der Waals surface area contributed by atoms with Crippen molar-refractivity contribution < 1.29 is 14.3 Å². The van der Waals surface area contributed by atoms with Gasteiger partial charge in [0.1, 0.15) is 24.2 Å². The van der Waals surface area contributed by atoms with Crippen LogP contribution in [0.25, 0.3) is 0 Å². The van der Waals surface area contributed by atoms with Crippen molar-refractivity contribution in [1.82, 2.24) is 0 Å². The summed E-state index contributed by atoms with van der Waals surface area (Å²) in [6.45, 7) is 4.46. The van der Waals surface area contributed by atoms with Gasteiger partial charge in [-0.2, -0.15) is 12.6 Å². The van der Waals surface area contributed by atoms with Gasteiger partial charge in [0.05, 0.1) is 0 Å². The zero-order valence-electron chi connectivity index (χ0n) is 10.1. The first-order valence-electron chi connectivity index (χ1n) is 5.64. The first-order chi connectivity index (χ1) is 8.11. The summed E-state index contributed by atoms with van der Waals surface area (Å²) in [7, 11) is 0. The van der Waals surface area contributed by atoms with E-state index in [1.807, 2.05) is 44.2 Å². The van der Waals surface area contributed by atoms with Gasteiger partial charge < -0.3 is 9.47 Å². The van der Waals surface area contributed by atoms with E-state index in [-0.39, 0.29) is 23.7 Å². The number of ether oxygens (including phenoxy) is 2. The molecule has 1 atom stereocenters. The number of thiol groups is 1. The molecule has 0 amide bonds. The second-order valence-electron chi connectivity index (χ2n) is 4.02. The molecular formula is C13H18O3S. The predicted molar refractivity (Wildman–Crippen MR) is 70.5 cm³/mol. The maximum atomic E-state index is 11.4. The molecule has 0 heterocycles. The van der Waals surface area contributed by atoms with Gasteiger partial charge in [-0.3, -0.25) is 4.79 Å². The molecule has 0 radical (unpaired) electrons. The molecule has 0 bridgehead atoms. The van der Waals surface area contributed by atoms with Gasteiger partial charge in [-0.05, 0) is 18.1 Å². The molecule has 0 fully saturated rings. The van der Waals surface area contributed by atoms with E-state index in [2.05, 4.69) is 12.6 Å². The van der Waals surface area contributed by atoms with Crippen LogP contribution in [0.1, 0.15) is 13.8 Å². The van der Waals surface area contributed by atoms with Crippen molar-refractivity contribution in [3.63, 3.8) is 0 Å². The molecule has 1 rings (SSSR count). The second kappa shape index (κ2) is 7.22. The van der Waals surface area contributed by atoms with Crippen LogP contribution in [0.5, 0.6) is 5.75 Å². The van der Waals surface area contributed by atoms with E-state index < -0.39 is 0 Å². The Balaban J connectivity index is 2.18. The highest BCUT2D eigenvalue weighted by Gasteiger charge is 2.18. The molecule has 1 aromatic carbocycles. The number of esters is 1. The van der Waals surface area contributed by atoms with Crippen molar-refractivity contribution in [2.75, 3.05) is 13.2 Å². The molecule has 0 aliphatic heterocycles. The number of rotatable bonds is 6. The fraction of sp³-hybridized carbons (Fsp3) is 0.462. The standard InChI is InChI=1S/C13H18O3S/c1-10(2)12(17)13(14)16-9-8-15-11-6-4-3-5-7-11/h3-7,10,12,17H,8-9H2,1-2H3. The fourth-order valence-electron chi connectivity index (χ4n) is 1.18. The third kappa shape index (κ3) is 5.13. The van der Waals surface area contributed by atoms with Gasteiger partial charge in [0.25, 0.3) is 0 Å². The molecule has 0 N–H and O–H groups in total. The average Bonchev–Trinajstić information content (AvgIpc) is 2.34. The number of benzene rings is 1. The van der Waals surface area contributed by atoms with Crippen molar-refractivity contribution in [3.8, 4) is 5.75 Å². The van der Waals surface area contributed by atoms with E-state index in [1.54, 1.807) is 0 Å². The number of carbonyl (C=O) groups is 1. The van der Waals surface area contributed by atoms with Crippen LogP contribution in [0.15, 0.2) is 30.3 Å². The number of para-hydroxylation sites is 1. The van der Waals surface area contributed by atoms with E-state index in [0.29, 0.717) is 6.61 Å². The van der Waals surface area contributed by atoms with Crippen molar-refractivity contribution in [3.05, 3.63) is 30.3 Å². The Bertz CT molecular complexity index is 338. The highest BCUT2D eigenvalue weighted by atomic mass is 32.1. The summed E-state index contributed by atoms with van der Waals surface area (Å²) >= 11 is 4.18. The lowest BCUT2D eigenvalue weighted by Gasteiger charge is -2.13. The summed E-state index contributed by atoms with van der Waals surface area (Å²) in [4.78, 5) is 11.4. The highest BCUT2D eigenvalue weighted by Crippen LogP contribution is 2.11. The summed E-state index contributed by atoms with van der Waals surface area (Å²) in [6, 6.07) is 9.42. The molecule has 0 saturated carbocycles. The van der Waals surface area contributed by atoms with E-state index in [0.717, 1.165) is 5.75 Å². The minimum atomic E-state index is -0.369. The molecule has 17 heavy (non-hydrogen) atoms. The van der Waals surface area contributed by atoms with Crippen LogP contribution >= 0.6 is 12.6 Å². The lowest BCUT2D eigenvalue weighted by atomic mass is 10.1. The molecule has 3 nitrogen and oxygen atoms in total. The monoisotopic (exact) mass is 254 g/mol. The van der Waals surface area contributed by atoms with Gasteiger partial charge >= 0.3 is 5.97 Å². The predicted octanol–water partition coefficient (Wildman–Crippen LogP) is 2.56. The Morgan fingerprint density at radius 1 is 1.24 bits per heavy atom. The van der Waals surface area contributed by atoms with Gasteiger partial charge in [-0.15, -0.1) is 0 Å². The van der Waals surface area contributed by atoms with Gasteiger partial charge in [0.15, 0.2) is 0 Å². The van der Waals surface area contributed by atoms with Crippen molar-refractivity contribution in [2.45, 2.75) is 19.1 Å². The third-order valence-corrected chi connectivity index (χ3v) is 3.02. The van der Waals surface area contributed by atoms with Gasteiger partial charge in [-0.25, -0.2) is 0 Å². The zero-order valence-corrected chi connectivity index (χ0v) is 11.0. The zero-order chi connectivity index (χ0) is 12.7. The summed E-state index contributed by atoms with van der Waals surface area (Å²) in [5, 5.41) is -0.369. The van der Waals surface area contributed by atoms with Gasteiger partial charge in [-0.1, -0.05) is 32.0 Å². The SMILES string of the molecule is CC(C)C(S)C(=O)OCCOc1ccccc1. The van der Waals surface area contributed by atoms with Crippen molar-refractivity contribution in [1.29, 1.82) is 0 Å². The number of hydrogen-bond acceptors (Lipinski definition) is 4. The van der Waals surface area contributed by atoms with Crippen LogP contribution in [-0.4, -0.2) is 24.4 Å². The highest BCUT2D eigenvalue weighted by molar-refractivity contribution is 7.81. The van der Waals surface area contributed by atoms with Crippen LogP contribution in [0.3, 0.4) is 0 Å². The molecule has 1 aromatic rings. The molecule has 94 valence electrons. The van der Waals surface area contributed by atoms with Crippen molar-refractivity contribution in [2.24, 2.45) is 5.92 Å². The van der Waals surface area contributed by atoms with Crippen LogP contribution < -0.4 is 4.74 Å². The van der Waals surface area contributed by atoms with E-state index in [9.17, 15) is 4.79 Å². The summed E-state index contributed by atoms with van der Waals surface area (Å²) < 4.78 is 10.4. The summed E-state index contributed by atoms with van der Waals surface area (Å²) in [5.41, 5.74) is 0. The molecule has 0 spiro atoms. The topological polar surface area (TPSA) is 35.5 Å². The average molecular weight is 254 g/mol. The van der Waals surface area contributed by atoms with Gasteiger partial charge in [0, 0.05) is 0 Å². The maximum absolute atomic E-state index is 11.4. The van der Waals surface area contributed by atoms with E-state index >= 15 is 0 Å². The molecule has 1 unspecified atom stereocenters. The normalized spacial score (nSPS) is 12.2. The van der Waals surface area contributed by atoms with Crippen molar-refractivity contribution >= 4 is 18.6 Å². The van der Waals surface area contributed by atoms with Gasteiger partial charge in [0.2, 0.25) is 0 Å². The van der Waals surface area contributed by atoms with Crippen LogP contribution in [0.2, 0.25) is 0 Å². The van der Waals surface area contributed by atoms with E-state index in [1.165, 1.54) is 0 Å². The van der Waals surface area contributed by atoms with Crippen LogP contribution in [0, 0.1) is 5.92 Å². The Morgan fingerprint density at radius 2 is 1.88 bits per heavy atom. The summed E-state index contributed by atoms with van der Waals surface area (Å²) in [6.07, 6.45) is 0. The molecular weight excluding hydrogens is 236 g/mol. The lowest BCUT2D eigenvalue weighted by molar-refractivity contribution is -0.144. The molecule has 4 heteroatoms. The smallest absolute Gasteiger partial charge is 0.319 e. The Kier molecular flexibility index (Phi) is 5.91. The molecule has 0 saturated heterocycles. The van der Waals surface area contributed by atoms with Crippen LogP contribution in [0.4, 0.5) is 0 Å². The summed E-state index contributed by atoms with van der Waals surface area (Å²) in [5.74, 6) is 0.649. The number of hydrogen-bond donors (Lipinski definition) is 1. The second-order valence-corrected chi connectivity index (χ2v) is 4.57. The minimum absolute atomic E-state index is 0.167. The molecule has 0 aliphatic rings. The van der Waals surface area contributed by atoms with E-state index in [4.69, 9.17) is 9.47 Å². The fourth-order valence-corrected chi connectivity index (χ4v) is 1.25.